The van der Waals surface area contributed by atoms with Crippen LogP contribution in [0, 0.1) is 5.82 Å². The average Bonchev–Trinajstić information content (AvgIpc) is 3.43. The minimum Gasteiger partial charge on any atom is -0.321 e. The summed E-state index contributed by atoms with van der Waals surface area (Å²) in [5.74, 6) is -0.727. The summed E-state index contributed by atoms with van der Waals surface area (Å²) in [4.78, 5) is 13.2. The third-order valence-electron chi connectivity index (χ3n) is 5.64. The molecule has 0 bridgehead atoms. The van der Waals surface area contributed by atoms with Gasteiger partial charge in [0.05, 0.1) is 16.3 Å². The molecule has 7 nitrogen and oxygen atoms in total. The van der Waals surface area contributed by atoms with Crippen molar-refractivity contribution in [3.05, 3.63) is 102 Å². The van der Waals surface area contributed by atoms with Gasteiger partial charge in [-0.15, -0.1) is 0 Å². The van der Waals surface area contributed by atoms with Gasteiger partial charge in [0.2, 0.25) is 0 Å². The summed E-state index contributed by atoms with van der Waals surface area (Å²) >= 11 is 0. The highest BCUT2D eigenvalue weighted by Gasteiger charge is 2.27. The Kier molecular flexibility index (Phi) is 5.62. The van der Waals surface area contributed by atoms with E-state index in [1.54, 1.807) is 59.3 Å². The molecule has 3 aromatic carbocycles. The Labute approximate surface area is 196 Å². The molecule has 0 saturated carbocycles. The number of aromatic nitrogens is 2. The van der Waals surface area contributed by atoms with Crippen LogP contribution in [-0.4, -0.2) is 24.1 Å². The highest BCUT2D eigenvalue weighted by atomic mass is 32.2. The van der Waals surface area contributed by atoms with Crippen LogP contribution in [-0.2, 0) is 22.9 Å². The molecule has 4 aromatic rings. The van der Waals surface area contributed by atoms with Crippen molar-refractivity contribution in [3.8, 4) is 5.69 Å². The summed E-state index contributed by atoms with van der Waals surface area (Å²) in [6.07, 6.45) is 2.42. The maximum absolute atomic E-state index is 13.3. The Hall–Kier alpha value is -3.98. The molecule has 0 saturated heterocycles. The van der Waals surface area contributed by atoms with E-state index in [4.69, 9.17) is 0 Å². The maximum atomic E-state index is 13.3. The number of nitrogens with zero attached hydrogens (tertiary/aromatic N) is 2. The molecule has 0 atom stereocenters. The maximum Gasteiger partial charge on any atom is 0.276 e. The first-order valence-electron chi connectivity index (χ1n) is 10.8. The van der Waals surface area contributed by atoms with E-state index in [2.05, 4.69) is 15.1 Å². The first-order chi connectivity index (χ1) is 16.4. The molecule has 0 unspecified atom stereocenters. The van der Waals surface area contributed by atoms with Gasteiger partial charge in [0.25, 0.3) is 15.9 Å². The molecule has 1 amide bonds. The van der Waals surface area contributed by atoms with Gasteiger partial charge < -0.3 is 5.32 Å². The van der Waals surface area contributed by atoms with Crippen LogP contribution in [0.3, 0.4) is 0 Å². The number of carbonyl (C=O) groups excluding carboxylic acids is 1. The molecule has 1 aromatic heterocycles. The lowest BCUT2D eigenvalue weighted by molar-refractivity contribution is 0.102. The van der Waals surface area contributed by atoms with E-state index in [0.29, 0.717) is 22.8 Å². The summed E-state index contributed by atoms with van der Waals surface area (Å²) < 4.78 is 42.8. The molecule has 5 rings (SSSR count). The van der Waals surface area contributed by atoms with Crippen LogP contribution in [0.25, 0.3) is 5.69 Å². The molecular formula is C25H21FN4O3S. The van der Waals surface area contributed by atoms with Crippen molar-refractivity contribution < 1.29 is 17.6 Å². The van der Waals surface area contributed by atoms with E-state index in [1.165, 1.54) is 24.3 Å². The molecule has 0 aliphatic heterocycles. The largest absolute Gasteiger partial charge is 0.321 e. The van der Waals surface area contributed by atoms with E-state index >= 15 is 0 Å². The van der Waals surface area contributed by atoms with Crippen LogP contribution < -0.4 is 10.0 Å². The number of amides is 1. The van der Waals surface area contributed by atoms with Crippen molar-refractivity contribution in [2.75, 3.05) is 10.0 Å². The number of benzene rings is 3. The van der Waals surface area contributed by atoms with E-state index in [-0.39, 0.29) is 16.6 Å². The normalized spacial score (nSPS) is 12.9. The Balaban J connectivity index is 1.38. The van der Waals surface area contributed by atoms with Crippen LogP contribution in [0.2, 0.25) is 0 Å². The van der Waals surface area contributed by atoms with Gasteiger partial charge in [-0.05, 0) is 73.9 Å². The van der Waals surface area contributed by atoms with Crippen molar-refractivity contribution in [3.63, 3.8) is 0 Å². The van der Waals surface area contributed by atoms with Crippen molar-refractivity contribution in [1.82, 2.24) is 9.78 Å². The number of rotatable bonds is 6. The SMILES string of the molecule is O=C(Nc1cccc(NS(=O)(=O)c2ccccc2)c1)c1nn(-c2ccc(F)cc2)c2c1CCC2. The standard InChI is InChI=1S/C25H21FN4O3S/c26-17-12-14-20(15-13-17)30-23-11-5-10-22(23)24(28-30)25(31)27-18-6-4-7-19(16-18)29-34(32,33)21-8-2-1-3-9-21/h1-4,6-9,12-16,29H,5,10-11H2,(H,27,31). The Morgan fingerprint density at radius 2 is 1.65 bits per heavy atom. The predicted molar refractivity (Wildman–Crippen MR) is 127 cm³/mol. The third-order valence-corrected chi connectivity index (χ3v) is 7.04. The predicted octanol–water partition coefficient (Wildman–Crippen LogP) is 4.55. The monoisotopic (exact) mass is 476 g/mol. The van der Waals surface area contributed by atoms with Crippen LogP contribution in [0.4, 0.5) is 15.8 Å². The number of sulfonamides is 1. The van der Waals surface area contributed by atoms with Gasteiger partial charge in [-0.3, -0.25) is 9.52 Å². The fourth-order valence-electron chi connectivity index (χ4n) is 4.08. The highest BCUT2D eigenvalue weighted by molar-refractivity contribution is 7.92. The minimum atomic E-state index is -3.75. The fourth-order valence-corrected chi connectivity index (χ4v) is 5.15. The lowest BCUT2D eigenvalue weighted by Gasteiger charge is -2.10. The Morgan fingerprint density at radius 3 is 2.41 bits per heavy atom. The zero-order valence-corrected chi connectivity index (χ0v) is 18.8. The molecule has 1 aliphatic carbocycles. The number of hydrogen-bond acceptors (Lipinski definition) is 4. The van der Waals surface area contributed by atoms with Gasteiger partial charge in [-0.25, -0.2) is 17.5 Å². The highest BCUT2D eigenvalue weighted by Crippen LogP contribution is 2.29. The van der Waals surface area contributed by atoms with Gasteiger partial charge in [0.15, 0.2) is 5.69 Å². The number of halogens is 1. The second-order valence-corrected chi connectivity index (χ2v) is 9.65. The van der Waals surface area contributed by atoms with Gasteiger partial charge in [0.1, 0.15) is 5.82 Å². The second-order valence-electron chi connectivity index (χ2n) is 7.97. The van der Waals surface area contributed by atoms with Crippen molar-refractivity contribution in [1.29, 1.82) is 0 Å². The van der Waals surface area contributed by atoms with Crippen molar-refractivity contribution in [2.45, 2.75) is 24.2 Å². The molecule has 2 N–H and O–H groups in total. The molecule has 0 radical (unpaired) electrons. The number of fused-ring (bicyclic) bond motifs is 1. The molecule has 172 valence electrons. The van der Waals surface area contributed by atoms with E-state index in [0.717, 1.165) is 30.5 Å². The summed E-state index contributed by atoms with van der Waals surface area (Å²) in [6.45, 7) is 0. The summed E-state index contributed by atoms with van der Waals surface area (Å²) in [5, 5.41) is 7.34. The van der Waals surface area contributed by atoms with Gasteiger partial charge >= 0.3 is 0 Å². The lowest BCUT2D eigenvalue weighted by atomic mass is 10.2. The zero-order valence-electron chi connectivity index (χ0n) is 18.0. The molecule has 0 spiro atoms. The number of nitrogens with one attached hydrogen (secondary N) is 2. The molecule has 34 heavy (non-hydrogen) atoms. The summed E-state index contributed by atoms with van der Waals surface area (Å²) in [7, 11) is -3.75. The first kappa shape index (κ1) is 21.8. The van der Waals surface area contributed by atoms with Gasteiger partial charge in [-0.1, -0.05) is 24.3 Å². The smallest absolute Gasteiger partial charge is 0.276 e. The van der Waals surface area contributed by atoms with Crippen molar-refractivity contribution in [2.24, 2.45) is 0 Å². The van der Waals surface area contributed by atoms with Gasteiger partial charge in [-0.2, -0.15) is 5.10 Å². The number of carbonyl (C=O) groups is 1. The summed E-state index contributed by atoms with van der Waals surface area (Å²) in [6, 6.07) is 20.5. The van der Waals surface area contributed by atoms with Crippen LogP contribution in [0.1, 0.15) is 28.2 Å². The lowest BCUT2D eigenvalue weighted by Crippen LogP contribution is -2.16. The molecule has 1 aliphatic rings. The molecule has 1 heterocycles. The third kappa shape index (κ3) is 4.29. The van der Waals surface area contributed by atoms with E-state index < -0.39 is 10.0 Å². The number of anilines is 2. The average molecular weight is 477 g/mol. The van der Waals surface area contributed by atoms with E-state index in [9.17, 15) is 17.6 Å². The van der Waals surface area contributed by atoms with E-state index in [1.807, 2.05) is 0 Å². The fraction of sp³-hybridized carbons (Fsp3) is 0.120. The molecular weight excluding hydrogens is 455 g/mol. The van der Waals surface area contributed by atoms with Crippen LogP contribution in [0.15, 0.2) is 83.8 Å². The van der Waals surface area contributed by atoms with Crippen molar-refractivity contribution >= 4 is 27.3 Å². The van der Waals surface area contributed by atoms with Crippen LogP contribution in [0.5, 0.6) is 0 Å². The molecule has 9 heteroatoms. The second kappa shape index (κ2) is 8.75. The first-order valence-corrected chi connectivity index (χ1v) is 12.2. The van der Waals surface area contributed by atoms with Crippen LogP contribution >= 0.6 is 0 Å². The Morgan fingerprint density at radius 1 is 0.912 bits per heavy atom. The number of hydrogen-bond donors (Lipinski definition) is 2. The topological polar surface area (TPSA) is 93.1 Å². The quantitative estimate of drug-likeness (QED) is 0.427. The summed E-state index contributed by atoms with van der Waals surface area (Å²) in [5.41, 5.74) is 3.58. The van der Waals surface area contributed by atoms with Gasteiger partial charge in [0, 0.05) is 16.9 Å². The minimum absolute atomic E-state index is 0.145. The Bertz CT molecular complexity index is 1470. The molecule has 0 fully saturated rings. The zero-order chi connectivity index (χ0) is 23.7.